The molecule has 2 bridgehead atoms. The van der Waals surface area contributed by atoms with Gasteiger partial charge in [-0.25, -0.2) is 0 Å². The van der Waals surface area contributed by atoms with E-state index in [-0.39, 0.29) is 6.10 Å². The van der Waals surface area contributed by atoms with Crippen molar-refractivity contribution in [1.82, 2.24) is 15.5 Å². The minimum Gasteiger partial charge on any atom is -0.373 e. The Balaban J connectivity index is 1.86. The zero-order chi connectivity index (χ0) is 11.0. The Morgan fingerprint density at radius 2 is 2.31 bits per heavy atom. The van der Waals surface area contributed by atoms with Crippen molar-refractivity contribution in [3.05, 3.63) is 17.3 Å². The van der Waals surface area contributed by atoms with Crippen LogP contribution in [0.4, 0.5) is 5.82 Å². The van der Waals surface area contributed by atoms with Gasteiger partial charge in [-0.05, 0) is 12.1 Å². The van der Waals surface area contributed by atoms with E-state index in [1.807, 2.05) is 6.07 Å². The van der Waals surface area contributed by atoms with Gasteiger partial charge in [0.1, 0.15) is 0 Å². The monoisotopic (exact) mass is 240 g/mol. The van der Waals surface area contributed by atoms with Crippen LogP contribution in [0.25, 0.3) is 0 Å². The molecule has 3 saturated heterocycles. The molecule has 2 atom stereocenters. The summed E-state index contributed by atoms with van der Waals surface area (Å²) in [6.07, 6.45) is 0.247. The minimum absolute atomic E-state index is 0.247. The number of hydrogen-bond donors (Lipinski definition) is 1. The average Bonchev–Trinajstić information content (AvgIpc) is 2.64. The van der Waals surface area contributed by atoms with Crippen LogP contribution in [0.15, 0.2) is 12.1 Å². The van der Waals surface area contributed by atoms with Gasteiger partial charge in [-0.2, -0.15) is 0 Å². The van der Waals surface area contributed by atoms with E-state index in [0.29, 0.717) is 11.2 Å². The molecule has 3 aliphatic heterocycles. The SMILES string of the molecule is Clc1ccc(N2CC3CNCC2CO3)nn1. The summed E-state index contributed by atoms with van der Waals surface area (Å²) in [5.41, 5.74) is 0. The van der Waals surface area contributed by atoms with Crippen LogP contribution in [-0.4, -0.2) is 48.6 Å². The van der Waals surface area contributed by atoms with Crippen molar-refractivity contribution in [2.24, 2.45) is 0 Å². The molecule has 1 aromatic heterocycles. The number of hydrogen-bond acceptors (Lipinski definition) is 5. The number of aromatic nitrogens is 2. The van der Waals surface area contributed by atoms with E-state index in [0.717, 1.165) is 32.1 Å². The molecule has 0 aliphatic carbocycles. The Hall–Kier alpha value is -0.910. The summed E-state index contributed by atoms with van der Waals surface area (Å²) in [5, 5.41) is 11.8. The summed E-state index contributed by atoms with van der Waals surface area (Å²) in [7, 11) is 0. The first kappa shape index (κ1) is 10.3. The van der Waals surface area contributed by atoms with E-state index in [4.69, 9.17) is 16.3 Å². The summed E-state index contributed by atoms with van der Waals surface area (Å²) in [6.45, 7) is 3.46. The fraction of sp³-hybridized carbons (Fsp3) is 0.600. The highest BCUT2D eigenvalue weighted by Crippen LogP contribution is 2.21. The smallest absolute Gasteiger partial charge is 0.151 e. The molecular weight excluding hydrogens is 228 g/mol. The fourth-order valence-electron chi connectivity index (χ4n) is 2.20. The lowest BCUT2D eigenvalue weighted by atomic mass is 10.2. The molecule has 5 nitrogen and oxygen atoms in total. The zero-order valence-corrected chi connectivity index (χ0v) is 9.52. The Labute approximate surface area is 98.7 Å². The Morgan fingerprint density at radius 1 is 1.38 bits per heavy atom. The van der Waals surface area contributed by atoms with Crippen molar-refractivity contribution in [2.45, 2.75) is 12.1 Å². The molecular formula is C10H13ClN4O. The lowest BCUT2D eigenvalue weighted by Crippen LogP contribution is -2.49. The predicted octanol–water partition coefficient (Wildman–Crippen LogP) is 0.307. The molecule has 4 rings (SSSR count). The van der Waals surface area contributed by atoms with Gasteiger partial charge in [0, 0.05) is 19.6 Å². The van der Waals surface area contributed by atoms with E-state index in [2.05, 4.69) is 20.4 Å². The minimum atomic E-state index is 0.247. The molecule has 86 valence electrons. The first-order chi connectivity index (χ1) is 7.83. The maximum Gasteiger partial charge on any atom is 0.151 e. The molecule has 2 unspecified atom stereocenters. The number of fused-ring (bicyclic) bond motifs is 4. The van der Waals surface area contributed by atoms with Gasteiger partial charge < -0.3 is 15.0 Å². The highest BCUT2D eigenvalue weighted by atomic mass is 35.5. The first-order valence-electron chi connectivity index (χ1n) is 5.41. The van der Waals surface area contributed by atoms with Crippen LogP contribution < -0.4 is 10.2 Å². The van der Waals surface area contributed by atoms with Crippen molar-refractivity contribution >= 4 is 17.4 Å². The van der Waals surface area contributed by atoms with Crippen LogP contribution in [0.2, 0.25) is 5.15 Å². The normalized spacial score (nSPS) is 29.2. The second-order valence-electron chi connectivity index (χ2n) is 4.13. The van der Waals surface area contributed by atoms with Crippen molar-refractivity contribution in [3.8, 4) is 0 Å². The van der Waals surface area contributed by atoms with Gasteiger partial charge >= 0.3 is 0 Å². The first-order valence-corrected chi connectivity index (χ1v) is 5.79. The fourth-order valence-corrected chi connectivity index (χ4v) is 2.31. The molecule has 3 aliphatic rings. The molecule has 0 saturated carbocycles. The van der Waals surface area contributed by atoms with Crippen LogP contribution in [0.5, 0.6) is 0 Å². The number of rotatable bonds is 1. The molecule has 0 spiro atoms. The molecule has 3 fully saturated rings. The maximum absolute atomic E-state index is 5.73. The number of nitrogens with one attached hydrogen (secondary N) is 1. The van der Waals surface area contributed by atoms with Gasteiger partial charge in [-0.15, -0.1) is 10.2 Å². The van der Waals surface area contributed by atoms with Gasteiger partial charge in [0.2, 0.25) is 0 Å². The van der Waals surface area contributed by atoms with Crippen LogP contribution >= 0.6 is 11.6 Å². The quantitative estimate of drug-likeness (QED) is 0.766. The van der Waals surface area contributed by atoms with Crippen molar-refractivity contribution in [2.75, 3.05) is 31.1 Å². The van der Waals surface area contributed by atoms with Crippen LogP contribution in [0.3, 0.4) is 0 Å². The highest BCUT2D eigenvalue weighted by Gasteiger charge is 2.32. The number of anilines is 1. The van der Waals surface area contributed by atoms with E-state index < -0.39 is 0 Å². The summed E-state index contributed by atoms with van der Waals surface area (Å²) in [4.78, 5) is 2.25. The second kappa shape index (κ2) is 4.16. The molecule has 16 heavy (non-hydrogen) atoms. The summed E-state index contributed by atoms with van der Waals surface area (Å²) in [6, 6.07) is 4.03. The Bertz CT molecular complexity index is 368. The lowest BCUT2D eigenvalue weighted by molar-refractivity contribution is 0.0388. The van der Waals surface area contributed by atoms with Gasteiger partial charge in [0.15, 0.2) is 11.0 Å². The largest absolute Gasteiger partial charge is 0.373 e. The molecule has 1 aromatic rings. The van der Waals surface area contributed by atoms with E-state index in [1.54, 1.807) is 6.07 Å². The number of morpholine rings is 1. The van der Waals surface area contributed by atoms with Crippen molar-refractivity contribution < 1.29 is 4.74 Å². The molecule has 0 aromatic carbocycles. The molecule has 6 heteroatoms. The predicted molar refractivity (Wildman–Crippen MR) is 60.8 cm³/mol. The van der Waals surface area contributed by atoms with Gasteiger partial charge in [0.25, 0.3) is 0 Å². The average molecular weight is 241 g/mol. The number of ether oxygens (including phenoxy) is 1. The molecule has 0 radical (unpaired) electrons. The Kier molecular flexibility index (Phi) is 2.67. The lowest BCUT2D eigenvalue weighted by Gasteiger charge is -2.36. The van der Waals surface area contributed by atoms with Crippen LogP contribution in [-0.2, 0) is 4.74 Å². The summed E-state index contributed by atoms with van der Waals surface area (Å²) in [5.74, 6) is 0.881. The van der Waals surface area contributed by atoms with Gasteiger partial charge in [0.05, 0.1) is 18.8 Å². The molecule has 0 amide bonds. The zero-order valence-electron chi connectivity index (χ0n) is 8.77. The third-order valence-corrected chi connectivity index (χ3v) is 3.23. The van der Waals surface area contributed by atoms with Gasteiger partial charge in [-0.3, -0.25) is 0 Å². The van der Waals surface area contributed by atoms with Crippen molar-refractivity contribution in [1.29, 1.82) is 0 Å². The third-order valence-electron chi connectivity index (χ3n) is 3.03. The van der Waals surface area contributed by atoms with E-state index in [1.165, 1.54) is 0 Å². The highest BCUT2D eigenvalue weighted by molar-refractivity contribution is 6.29. The number of nitrogens with zero attached hydrogens (tertiary/aromatic N) is 3. The Morgan fingerprint density at radius 3 is 3.12 bits per heavy atom. The van der Waals surface area contributed by atoms with Crippen molar-refractivity contribution in [3.63, 3.8) is 0 Å². The van der Waals surface area contributed by atoms with Crippen LogP contribution in [0.1, 0.15) is 0 Å². The van der Waals surface area contributed by atoms with Crippen LogP contribution in [0, 0.1) is 0 Å². The van der Waals surface area contributed by atoms with Gasteiger partial charge in [-0.1, -0.05) is 11.6 Å². The second-order valence-corrected chi connectivity index (χ2v) is 4.52. The molecule has 1 N–H and O–H groups in total. The third kappa shape index (κ3) is 1.86. The summed E-state index contributed by atoms with van der Waals surface area (Å²) < 4.78 is 5.70. The summed E-state index contributed by atoms with van der Waals surface area (Å²) >= 11 is 5.73. The standard InChI is InChI=1S/C10H13ClN4O/c11-9-1-2-10(14-13-9)15-5-8-4-12-3-7(15)6-16-8/h1-2,7-8,12H,3-6H2. The van der Waals surface area contributed by atoms with E-state index in [9.17, 15) is 0 Å². The maximum atomic E-state index is 5.73. The van der Waals surface area contributed by atoms with E-state index >= 15 is 0 Å². The topological polar surface area (TPSA) is 50.3 Å². The molecule has 4 heterocycles. The number of halogens is 1.